The molecule has 18 heavy (non-hydrogen) atoms. The molecule has 0 radical (unpaired) electrons. The maximum atomic E-state index is 11.8. The van der Waals surface area contributed by atoms with Crippen molar-refractivity contribution >= 4 is 17.4 Å². The minimum Gasteiger partial charge on any atom is -0.358 e. The zero-order chi connectivity index (χ0) is 13.1. The Hall–Kier alpha value is -2.44. The van der Waals surface area contributed by atoms with Crippen LogP contribution in [0.1, 0.15) is 23.8 Å². The van der Waals surface area contributed by atoms with Crippen LogP contribution in [-0.4, -0.2) is 26.8 Å². The van der Waals surface area contributed by atoms with Crippen LogP contribution in [0.15, 0.2) is 24.4 Å². The third-order valence-corrected chi connectivity index (χ3v) is 2.43. The average molecular weight is 248 g/mol. The summed E-state index contributed by atoms with van der Waals surface area (Å²) in [6.07, 6.45) is 2.27. The Morgan fingerprint density at radius 2 is 2.33 bits per heavy atom. The molecule has 0 aliphatic heterocycles. The van der Waals surface area contributed by atoms with Gasteiger partial charge in [0.1, 0.15) is 0 Å². The number of nitrogens with zero attached hydrogens (tertiary/aromatic N) is 3. The molecule has 0 atom stereocenters. The number of carbonyl (C=O) groups excluding carboxylic acids is 1. The molecule has 2 heterocycles. The lowest BCUT2D eigenvalue weighted by Crippen LogP contribution is -2.25. The first-order valence-corrected chi connectivity index (χ1v) is 5.54. The molecule has 0 fully saturated rings. The van der Waals surface area contributed by atoms with E-state index in [9.17, 15) is 14.9 Å². The molecule has 7 nitrogen and oxygen atoms in total. The Kier molecular flexibility index (Phi) is 3.22. The van der Waals surface area contributed by atoms with Crippen LogP contribution in [0.3, 0.4) is 0 Å². The van der Waals surface area contributed by atoms with Crippen molar-refractivity contribution in [1.82, 2.24) is 14.7 Å². The molecular weight excluding hydrogens is 236 g/mol. The fourth-order valence-corrected chi connectivity index (χ4v) is 1.63. The van der Waals surface area contributed by atoms with E-state index in [2.05, 4.69) is 10.3 Å². The van der Waals surface area contributed by atoms with E-state index in [1.807, 2.05) is 6.92 Å². The lowest BCUT2D eigenvalue weighted by Gasteiger charge is -2.00. The summed E-state index contributed by atoms with van der Waals surface area (Å²) in [5.74, 6) is -0.827. The fourth-order valence-electron chi connectivity index (χ4n) is 1.63. The molecule has 0 saturated heterocycles. The van der Waals surface area contributed by atoms with Gasteiger partial charge >= 0.3 is 5.82 Å². The summed E-state index contributed by atoms with van der Waals surface area (Å²) in [4.78, 5) is 26.2. The Bertz CT molecular complexity index is 605. The number of imidazole rings is 1. The summed E-state index contributed by atoms with van der Waals surface area (Å²) in [5.41, 5.74) is 0.227. The van der Waals surface area contributed by atoms with Gasteiger partial charge in [-0.2, -0.15) is 9.38 Å². The predicted molar refractivity (Wildman–Crippen MR) is 64.5 cm³/mol. The van der Waals surface area contributed by atoms with Crippen LogP contribution in [0.25, 0.3) is 5.65 Å². The number of fused-ring (bicyclic) bond motifs is 1. The van der Waals surface area contributed by atoms with Crippen LogP contribution in [0.2, 0.25) is 0 Å². The third-order valence-electron chi connectivity index (χ3n) is 2.43. The Morgan fingerprint density at radius 1 is 1.56 bits per heavy atom. The normalized spacial score (nSPS) is 10.5. The maximum Gasteiger partial charge on any atom is 0.361 e. The molecule has 0 aliphatic carbocycles. The maximum absolute atomic E-state index is 11.8. The van der Waals surface area contributed by atoms with Gasteiger partial charge in [-0.1, -0.05) is 13.0 Å². The summed E-state index contributed by atoms with van der Waals surface area (Å²) in [7, 11) is 0. The summed E-state index contributed by atoms with van der Waals surface area (Å²) in [6, 6.07) is 4.97. The van der Waals surface area contributed by atoms with Gasteiger partial charge in [0.2, 0.25) is 11.3 Å². The van der Waals surface area contributed by atoms with Gasteiger partial charge < -0.3 is 15.4 Å². The summed E-state index contributed by atoms with van der Waals surface area (Å²) in [6.45, 7) is 2.36. The Morgan fingerprint density at radius 3 is 3.00 bits per heavy atom. The number of hydrogen-bond acceptors (Lipinski definition) is 4. The van der Waals surface area contributed by atoms with Gasteiger partial charge in [0, 0.05) is 12.6 Å². The van der Waals surface area contributed by atoms with Crippen LogP contribution in [-0.2, 0) is 0 Å². The van der Waals surface area contributed by atoms with Crippen molar-refractivity contribution in [2.75, 3.05) is 6.54 Å². The number of nitrogens with one attached hydrogen (secondary N) is 1. The second-order valence-corrected chi connectivity index (χ2v) is 3.73. The number of aromatic nitrogens is 2. The van der Waals surface area contributed by atoms with Crippen molar-refractivity contribution in [2.45, 2.75) is 13.3 Å². The highest BCUT2D eigenvalue weighted by atomic mass is 16.6. The van der Waals surface area contributed by atoms with E-state index in [-0.39, 0.29) is 11.5 Å². The molecule has 7 heteroatoms. The van der Waals surface area contributed by atoms with Crippen LogP contribution in [0.5, 0.6) is 0 Å². The van der Waals surface area contributed by atoms with Crippen molar-refractivity contribution in [3.05, 3.63) is 40.2 Å². The van der Waals surface area contributed by atoms with Gasteiger partial charge in [0.05, 0.1) is 6.20 Å². The predicted octanol–water partition coefficient (Wildman–Crippen LogP) is 1.38. The fraction of sp³-hybridized carbons (Fsp3) is 0.273. The van der Waals surface area contributed by atoms with Gasteiger partial charge in [-0.3, -0.25) is 4.79 Å². The van der Waals surface area contributed by atoms with Crippen LogP contribution < -0.4 is 5.32 Å². The number of rotatable bonds is 4. The number of nitro groups is 1. The largest absolute Gasteiger partial charge is 0.361 e. The Balaban J connectivity index is 2.52. The van der Waals surface area contributed by atoms with Crippen molar-refractivity contribution in [1.29, 1.82) is 0 Å². The average Bonchev–Trinajstić information content (AvgIpc) is 2.75. The van der Waals surface area contributed by atoms with Gasteiger partial charge in [-0.05, 0) is 17.4 Å². The first-order valence-electron chi connectivity index (χ1n) is 5.54. The minimum absolute atomic E-state index is 0.153. The SMILES string of the molecule is CCCNC(=O)c1nc2ccccn2c1[N+](=O)[O-]. The zero-order valence-corrected chi connectivity index (χ0v) is 9.79. The molecule has 2 aromatic rings. The highest BCUT2D eigenvalue weighted by Crippen LogP contribution is 2.20. The quantitative estimate of drug-likeness (QED) is 0.653. The van der Waals surface area contributed by atoms with Crippen LogP contribution in [0.4, 0.5) is 5.82 Å². The first kappa shape index (κ1) is 12.0. The highest BCUT2D eigenvalue weighted by molar-refractivity contribution is 5.96. The molecule has 0 saturated carbocycles. The number of carbonyl (C=O) groups is 1. The van der Waals surface area contributed by atoms with E-state index >= 15 is 0 Å². The van der Waals surface area contributed by atoms with Crippen LogP contribution in [0, 0.1) is 10.1 Å². The molecule has 2 aromatic heterocycles. The smallest absolute Gasteiger partial charge is 0.358 e. The van der Waals surface area contributed by atoms with E-state index < -0.39 is 10.8 Å². The molecule has 0 aromatic carbocycles. The molecule has 94 valence electrons. The lowest BCUT2D eigenvalue weighted by molar-refractivity contribution is -0.390. The van der Waals surface area contributed by atoms with Crippen molar-refractivity contribution in [3.63, 3.8) is 0 Å². The Labute approximate surface area is 103 Å². The number of pyridine rings is 1. The molecule has 1 N–H and O–H groups in total. The van der Waals surface area contributed by atoms with Crippen molar-refractivity contribution in [3.8, 4) is 0 Å². The summed E-state index contributed by atoms with van der Waals surface area (Å²) in [5, 5.41) is 13.6. The van der Waals surface area contributed by atoms with Gasteiger partial charge in [0.25, 0.3) is 5.91 Å². The van der Waals surface area contributed by atoms with E-state index in [1.165, 1.54) is 10.6 Å². The molecular formula is C11H12N4O3. The standard InChI is InChI=1S/C11H12N4O3/c1-2-6-12-10(16)9-11(15(17)18)14-7-4-3-5-8(14)13-9/h3-5,7H,2,6H2,1H3,(H,12,16). The number of hydrogen-bond donors (Lipinski definition) is 1. The summed E-state index contributed by atoms with van der Waals surface area (Å²) >= 11 is 0. The molecule has 0 spiro atoms. The van der Waals surface area contributed by atoms with Crippen LogP contribution >= 0.6 is 0 Å². The minimum atomic E-state index is -0.596. The molecule has 0 unspecified atom stereocenters. The topological polar surface area (TPSA) is 89.5 Å². The molecule has 1 amide bonds. The molecule has 0 aliphatic rings. The molecule has 0 bridgehead atoms. The van der Waals surface area contributed by atoms with Gasteiger partial charge in [0.15, 0.2) is 0 Å². The monoisotopic (exact) mass is 248 g/mol. The molecule has 2 rings (SSSR count). The first-order chi connectivity index (χ1) is 8.65. The highest BCUT2D eigenvalue weighted by Gasteiger charge is 2.27. The second-order valence-electron chi connectivity index (χ2n) is 3.73. The van der Waals surface area contributed by atoms with E-state index in [0.717, 1.165) is 6.42 Å². The number of amides is 1. The third kappa shape index (κ3) is 2.02. The van der Waals surface area contributed by atoms with E-state index in [4.69, 9.17) is 0 Å². The zero-order valence-electron chi connectivity index (χ0n) is 9.79. The van der Waals surface area contributed by atoms with Gasteiger partial charge in [-0.15, -0.1) is 0 Å². The summed E-state index contributed by atoms with van der Waals surface area (Å²) < 4.78 is 1.29. The van der Waals surface area contributed by atoms with E-state index in [1.54, 1.807) is 18.2 Å². The second kappa shape index (κ2) is 4.82. The van der Waals surface area contributed by atoms with E-state index in [0.29, 0.717) is 12.2 Å². The van der Waals surface area contributed by atoms with Crippen molar-refractivity contribution in [2.24, 2.45) is 0 Å². The van der Waals surface area contributed by atoms with Crippen molar-refractivity contribution < 1.29 is 9.72 Å². The lowest BCUT2D eigenvalue weighted by atomic mass is 10.4. The van der Waals surface area contributed by atoms with Gasteiger partial charge in [-0.25, -0.2) is 0 Å².